The highest BCUT2D eigenvalue weighted by molar-refractivity contribution is 5.92. The zero-order valence-electron chi connectivity index (χ0n) is 10.0. The van der Waals surface area contributed by atoms with Gasteiger partial charge in [0.25, 0.3) is 5.91 Å². The van der Waals surface area contributed by atoms with E-state index in [1.54, 1.807) is 17.9 Å². The van der Waals surface area contributed by atoms with E-state index in [0.717, 1.165) is 0 Å². The maximum Gasteiger partial charge on any atom is 0.272 e. The Labute approximate surface area is 103 Å². The summed E-state index contributed by atoms with van der Waals surface area (Å²) in [6.45, 7) is 1.81. The minimum Gasteiger partial charge on any atom is -0.382 e. The lowest BCUT2D eigenvalue weighted by Crippen LogP contribution is -2.29. The maximum atomic E-state index is 11.9. The summed E-state index contributed by atoms with van der Waals surface area (Å²) in [7, 11) is 1.81. The summed E-state index contributed by atoms with van der Waals surface area (Å²) in [4.78, 5) is 11.9. The van der Waals surface area contributed by atoms with E-state index in [9.17, 15) is 4.79 Å². The zero-order chi connectivity index (χ0) is 13.1. The van der Waals surface area contributed by atoms with Crippen LogP contribution < -0.4 is 11.1 Å². The first-order valence-electron chi connectivity index (χ1n) is 5.32. The van der Waals surface area contributed by atoms with E-state index in [1.807, 2.05) is 6.92 Å². The van der Waals surface area contributed by atoms with Crippen LogP contribution in [0, 0.1) is 0 Å². The van der Waals surface area contributed by atoms with Gasteiger partial charge in [0, 0.05) is 7.05 Å². The molecule has 1 unspecified atom stereocenters. The number of nitrogen functional groups attached to an aromatic ring is 1. The Bertz CT molecular complexity index is 548. The van der Waals surface area contributed by atoms with Crippen molar-refractivity contribution in [1.29, 1.82) is 0 Å². The molecule has 1 atom stereocenters. The molecule has 0 spiro atoms. The predicted molar refractivity (Wildman–Crippen MR) is 63.3 cm³/mol. The van der Waals surface area contributed by atoms with Crippen LogP contribution in [-0.4, -0.2) is 30.9 Å². The molecule has 1 amide bonds. The van der Waals surface area contributed by atoms with E-state index in [-0.39, 0.29) is 23.5 Å². The van der Waals surface area contributed by atoms with Crippen LogP contribution in [0.2, 0.25) is 0 Å². The molecule has 2 aromatic rings. The van der Waals surface area contributed by atoms with Gasteiger partial charge in [-0.25, -0.2) is 0 Å². The number of nitrogens with one attached hydrogen (secondary N) is 1. The summed E-state index contributed by atoms with van der Waals surface area (Å²) in [5, 5.41) is 17.8. The van der Waals surface area contributed by atoms with Crippen LogP contribution in [0.25, 0.3) is 0 Å². The molecule has 0 saturated heterocycles. The van der Waals surface area contributed by atoms with Crippen molar-refractivity contribution in [3.8, 4) is 0 Å². The number of hydrogen-bond acceptors (Lipinski definition) is 6. The van der Waals surface area contributed by atoms with Crippen molar-refractivity contribution in [1.82, 2.24) is 30.3 Å². The van der Waals surface area contributed by atoms with Crippen LogP contribution in [0.15, 0.2) is 18.5 Å². The van der Waals surface area contributed by atoms with Crippen molar-refractivity contribution in [2.24, 2.45) is 7.05 Å². The fraction of sp³-hybridized carbons (Fsp3) is 0.300. The van der Waals surface area contributed by atoms with Crippen LogP contribution in [0.5, 0.6) is 0 Å². The molecule has 0 bridgehead atoms. The van der Waals surface area contributed by atoms with Gasteiger partial charge in [-0.15, -0.1) is 20.4 Å². The lowest BCUT2D eigenvalue weighted by molar-refractivity contribution is 0.0931. The molecule has 2 aromatic heterocycles. The van der Waals surface area contributed by atoms with Gasteiger partial charge in [-0.3, -0.25) is 4.79 Å². The number of hydrogen-bond donors (Lipinski definition) is 2. The van der Waals surface area contributed by atoms with Crippen molar-refractivity contribution in [3.05, 3.63) is 30.0 Å². The molecule has 0 aromatic carbocycles. The molecule has 8 nitrogen and oxygen atoms in total. The number of carbonyl (C=O) groups excluding carboxylic acids is 1. The quantitative estimate of drug-likeness (QED) is 0.768. The molecule has 3 N–H and O–H groups in total. The van der Waals surface area contributed by atoms with Gasteiger partial charge >= 0.3 is 0 Å². The maximum absolute atomic E-state index is 11.9. The van der Waals surface area contributed by atoms with Crippen molar-refractivity contribution >= 4 is 11.7 Å². The third-order valence-electron chi connectivity index (χ3n) is 2.40. The highest BCUT2D eigenvalue weighted by Gasteiger charge is 2.16. The summed E-state index contributed by atoms with van der Waals surface area (Å²) in [6, 6.07) is 2.76. The molecule has 2 rings (SSSR count). The normalized spacial score (nSPS) is 12.1. The standard InChI is InChI=1S/C10H13N7O/c1-6(9-16-12-5-17(9)2)13-10(18)7-3-4-8(11)15-14-7/h3-6H,1-2H3,(H2,11,15)(H,13,18). The highest BCUT2D eigenvalue weighted by atomic mass is 16.2. The fourth-order valence-electron chi connectivity index (χ4n) is 1.48. The number of rotatable bonds is 3. The molecule has 0 fully saturated rings. The first-order chi connectivity index (χ1) is 8.58. The van der Waals surface area contributed by atoms with E-state index in [1.165, 1.54) is 12.1 Å². The summed E-state index contributed by atoms with van der Waals surface area (Å²) >= 11 is 0. The zero-order valence-corrected chi connectivity index (χ0v) is 10.0. The van der Waals surface area contributed by atoms with E-state index < -0.39 is 0 Å². The van der Waals surface area contributed by atoms with Gasteiger partial charge in [-0.2, -0.15) is 0 Å². The number of aryl methyl sites for hydroxylation is 1. The number of nitrogens with two attached hydrogens (primary N) is 1. The minimum absolute atomic E-state index is 0.207. The molecular formula is C10H13N7O. The highest BCUT2D eigenvalue weighted by Crippen LogP contribution is 2.08. The molecule has 0 aliphatic carbocycles. The Hall–Kier alpha value is -2.51. The number of nitrogens with zero attached hydrogens (tertiary/aromatic N) is 5. The monoisotopic (exact) mass is 247 g/mol. The van der Waals surface area contributed by atoms with Gasteiger partial charge in [-0.05, 0) is 19.1 Å². The molecular weight excluding hydrogens is 234 g/mol. The Balaban J connectivity index is 2.08. The molecule has 0 saturated carbocycles. The number of aromatic nitrogens is 5. The lowest BCUT2D eigenvalue weighted by Gasteiger charge is -2.12. The van der Waals surface area contributed by atoms with Gasteiger partial charge in [0.05, 0.1) is 6.04 Å². The van der Waals surface area contributed by atoms with Gasteiger partial charge < -0.3 is 15.6 Å². The average molecular weight is 247 g/mol. The SMILES string of the molecule is CC(NC(=O)c1ccc(N)nn1)c1nncn1C. The van der Waals surface area contributed by atoms with E-state index >= 15 is 0 Å². The molecule has 94 valence electrons. The van der Waals surface area contributed by atoms with Gasteiger partial charge in [0.15, 0.2) is 11.5 Å². The molecule has 0 radical (unpaired) electrons. The van der Waals surface area contributed by atoms with Gasteiger partial charge in [0.1, 0.15) is 12.1 Å². The predicted octanol–water partition coefficient (Wildman–Crippen LogP) is -0.322. The first-order valence-corrected chi connectivity index (χ1v) is 5.32. The molecule has 0 aliphatic heterocycles. The smallest absolute Gasteiger partial charge is 0.272 e. The second-order valence-electron chi connectivity index (χ2n) is 3.84. The summed E-state index contributed by atoms with van der Waals surface area (Å²) in [5.41, 5.74) is 5.60. The van der Waals surface area contributed by atoms with Crippen LogP contribution in [0.4, 0.5) is 5.82 Å². The largest absolute Gasteiger partial charge is 0.382 e. The molecule has 8 heteroatoms. The van der Waals surface area contributed by atoms with Gasteiger partial charge in [0.2, 0.25) is 0 Å². The van der Waals surface area contributed by atoms with Crippen LogP contribution in [0.3, 0.4) is 0 Å². The van der Waals surface area contributed by atoms with E-state index in [4.69, 9.17) is 5.73 Å². The summed E-state index contributed by atoms with van der Waals surface area (Å²) in [5.74, 6) is 0.595. The molecule has 18 heavy (non-hydrogen) atoms. The fourth-order valence-corrected chi connectivity index (χ4v) is 1.48. The van der Waals surface area contributed by atoms with Crippen LogP contribution >= 0.6 is 0 Å². The number of anilines is 1. The number of carbonyl (C=O) groups is 1. The molecule has 0 aliphatic rings. The van der Waals surface area contributed by atoms with Crippen molar-refractivity contribution in [3.63, 3.8) is 0 Å². The minimum atomic E-state index is -0.335. The Morgan fingerprint density at radius 1 is 1.39 bits per heavy atom. The van der Waals surface area contributed by atoms with Crippen LogP contribution in [-0.2, 0) is 7.05 Å². The van der Waals surface area contributed by atoms with Gasteiger partial charge in [-0.1, -0.05) is 0 Å². The average Bonchev–Trinajstić information content (AvgIpc) is 2.76. The summed E-state index contributed by atoms with van der Waals surface area (Å²) in [6.07, 6.45) is 1.57. The van der Waals surface area contributed by atoms with E-state index in [2.05, 4.69) is 25.7 Å². The van der Waals surface area contributed by atoms with Crippen LogP contribution in [0.1, 0.15) is 29.3 Å². The third-order valence-corrected chi connectivity index (χ3v) is 2.40. The van der Waals surface area contributed by atoms with Crippen molar-refractivity contribution in [2.75, 3.05) is 5.73 Å². The second kappa shape index (κ2) is 4.78. The molecule has 2 heterocycles. The Morgan fingerprint density at radius 2 is 2.17 bits per heavy atom. The topological polar surface area (TPSA) is 112 Å². The Kier molecular flexibility index (Phi) is 3.18. The number of amides is 1. The lowest BCUT2D eigenvalue weighted by atomic mass is 10.3. The first kappa shape index (κ1) is 12.0. The summed E-state index contributed by atoms with van der Waals surface area (Å²) < 4.78 is 1.74. The Morgan fingerprint density at radius 3 is 2.72 bits per heavy atom. The van der Waals surface area contributed by atoms with Crippen molar-refractivity contribution in [2.45, 2.75) is 13.0 Å². The third kappa shape index (κ3) is 2.42. The second-order valence-corrected chi connectivity index (χ2v) is 3.84. The van der Waals surface area contributed by atoms with E-state index in [0.29, 0.717) is 5.82 Å². The van der Waals surface area contributed by atoms with Crippen molar-refractivity contribution < 1.29 is 4.79 Å².